The molecule has 3 heteroatoms. The largest absolute Gasteiger partial charge is 0.496 e. The Morgan fingerprint density at radius 3 is 2.45 bits per heavy atom. The van der Waals surface area contributed by atoms with Crippen LogP contribution in [0.5, 0.6) is 5.75 Å². The van der Waals surface area contributed by atoms with Crippen molar-refractivity contribution in [1.82, 2.24) is 0 Å². The van der Waals surface area contributed by atoms with Gasteiger partial charge in [0.2, 0.25) is 0 Å². The highest BCUT2D eigenvalue weighted by atomic mass is 35.5. The van der Waals surface area contributed by atoms with Gasteiger partial charge in [0.25, 0.3) is 0 Å². The van der Waals surface area contributed by atoms with Crippen LogP contribution in [0.3, 0.4) is 0 Å². The lowest BCUT2D eigenvalue weighted by molar-refractivity contribution is 0.395. The van der Waals surface area contributed by atoms with Crippen LogP contribution >= 0.6 is 11.6 Å². The van der Waals surface area contributed by atoms with Crippen LogP contribution < -0.4 is 10.5 Å². The quantitative estimate of drug-likeness (QED) is 0.919. The Balaban J connectivity index is 2.63. The molecule has 1 atom stereocenters. The van der Waals surface area contributed by atoms with Crippen molar-refractivity contribution in [2.45, 2.75) is 26.3 Å². The standard InChI is InChI=1S/C17H20ClNO/c1-11-8-9-15(16(20-4)12(11)2)17(3,19)13-6-5-7-14(18)10-13/h5-10H,19H2,1-4H3. The molecule has 0 saturated carbocycles. The number of nitrogens with two attached hydrogens (primary N) is 1. The minimum atomic E-state index is -0.658. The second-order valence-corrected chi connectivity index (χ2v) is 5.74. The highest BCUT2D eigenvalue weighted by Gasteiger charge is 2.28. The van der Waals surface area contributed by atoms with Crippen LogP contribution in [0.25, 0.3) is 0 Å². The topological polar surface area (TPSA) is 35.2 Å². The number of rotatable bonds is 3. The van der Waals surface area contributed by atoms with Crippen LogP contribution in [0.1, 0.15) is 29.2 Å². The van der Waals surface area contributed by atoms with Crippen LogP contribution in [-0.4, -0.2) is 7.11 Å². The fourth-order valence-corrected chi connectivity index (χ4v) is 2.62. The van der Waals surface area contributed by atoms with Crippen molar-refractivity contribution in [3.05, 3.63) is 63.7 Å². The van der Waals surface area contributed by atoms with Gasteiger partial charge in [-0.3, -0.25) is 0 Å². The molecule has 2 nitrogen and oxygen atoms in total. The third-order valence-corrected chi connectivity index (χ3v) is 4.10. The normalized spacial score (nSPS) is 13.9. The first-order valence-corrected chi connectivity index (χ1v) is 6.95. The monoisotopic (exact) mass is 289 g/mol. The summed E-state index contributed by atoms with van der Waals surface area (Å²) in [6.45, 7) is 6.09. The Morgan fingerprint density at radius 2 is 1.85 bits per heavy atom. The first-order chi connectivity index (χ1) is 9.37. The number of ether oxygens (including phenoxy) is 1. The number of methoxy groups -OCH3 is 1. The molecule has 0 radical (unpaired) electrons. The van der Waals surface area contributed by atoms with E-state index in [4.69, 9.17) is 22.1 Å². The molecule has 0 aromatic heterocycles. The lowest BCUT2D eigenvalue weighted by Gasteiger charge is -2.29. The second kappa shape index (κ2) is 5.47. The first-order valence-electron chi connectivity index (χ1n) is 6.57. The zero-order chi connectivity index (χ0) is 14.9. The molecular weight excluding hydrogens is 270 g/mol. The number of hydrogen-bond acceptors (Lipinski definition) is 2. The molecule has 0 fully saturated rings. The maximum atomic E-state index is 6.58. The fourth-order valence-electron chi connectivity index (χ4n) is 2.43. The van der Waals surface area contributed by atoms with Gasteiger partial charge in [0.05, 0.1) is 12.6 Å². The van der Waals surface area contributed by atoms with E-state index in [0.29, 0.717) is 5.02 Å². The maximum Gasteiger partial charge on any atom is 0.127 e. The number of aryl methyl sites for hydroxylation is 1. The molecule has 0 heterocycles. The molecule has 2 aromatic rings. The zero-order valence-electron chi connectivity index (χ0n) is 12.3. The van der Waals surface area contributed by atoms with Crippen molar-refractivity contribution in [2.24, 2.45) is 5.73 Å². The van der Waals surface area contributed by atoms with Gasteiger partial charge in [-0.05, 0) is 49.6 Å². The van der Waals surface area contributed by atoms with Gasteiger partial charge in [-0.2, -0.15) is 0 Å². The van der Waals surface area contributed by atoms with Gasteiger partial charge in [0.15, 0.2) is 0 Å². The summed E-state index contributed by atoms with van der Waals surface area (Å²) in [6, 6.07) is 11.7. The van der Waals surface area contributed by atoms with Crippen molar-refractivity contribution in [1.29, 1.82) is 0 Å². The number of hydrogen-bond donors (Lipinski definition) is 1. The van der Waals surface area contributed by atoms with E-state index < -0.39 is 5.54 Å². The van der Waals surface area contributed by atoms with Gasteiger partial charge < -0.3 is 10.5 Å². The van der Waals surface area contributed by atoms with Gasteiger partial charge in [-0.15, -0.1) is 0 Å². The molecule has 106 valence electrons. The zero-order valence-corrected chi connectivity index (χ0v) is 13.1. The molecule has 0 aliphatic rings. The third kappa shape index (κ3) is 2.54. The van der Waals surface area contributed by atoms with E-state index in [-0.39, 0.29) is 0 Å². The van der Waals surface area contributed by atoms with Crippen LogP contribution in [0.4, 0.5) is 0 Å². The van der Waals surface area contributed by atoms with Gasteiger partial charge in [0.1, 0.15) is 5.75 Å². The lowest BCUT2D eigenvalue weighted by atomic mass is 9.83. The number of halogens is 1. The molecule has 0 aliphatic heterocycles. The van der Waals surface area contributed by atoms with E-state index in [0.717, 1.165) is 22.4 Å². The summed E-state index contributed by atoms with van der Waals surface area (Å²) in [5.74, 6) is 0.843. The highest BCUT2D eigenvalue weighted by Crippen LogP contribution is 2.37. The smallest absolute Gasteiger partial charge is 0.127 e. The van der Waals surface area contributed by atoms with Crippen LogP contribution in [0.2, 0.25) is 5.02 Å². The summed E-state index contributed by atoms with van der Waals surface area (Å²) in [6.07, 6.45) is 0. The minimum absolute atomic E-state index is 0.658. The van der Waals surface area contributed by atoms with E-state index in [9.17, 15) is 0 Å². The van der Waals surface area contributed by atoms with Crippen LogP contribution in [0, 0.1) is 13.8 Å². The summed E-state index contributed by atoms with van der Waals surface area (Å²) in [7, 11) is 1.68. The molecule has 2 N–H and O–H groups in total. The summed E-state index contributed by atoms with van der Waals surface area (Å²) >= 11 is 6.08. The minimum Gasteiger partial charge on any atom is -0.496 e. The van der Waals surface area contributed by atoms with Crippen molar-refractivity contribution in [3.8, 4) is 5.75 Å². The predicted molar refractivity (Wildman–Crippen MR) is 84.6 cm³/mol. The molecular formula is C17H20ClNO. The Labute approximate surface area is 125 Å². The Morgan fingerprint density at radius 1 is 1.15 bits per heavy atom. The predicted octanol–water partition coefficient (Wildman–Crippen LogP) is 4.19. The van der Waals surface area contributed by atoms with Gasteiger partial charge >= 0.3 is 0 Å². The maximum absolute atomic E-state index is 6.58. The summed E-state index contributed by atoms with van der Waals surface area (Å²) in [5, 5.41) is 0.682. The Kier molecular flexibility index (Phi) is 4.07. The Bertz CT molecular complexity index is 635. The molecule has 0 spiro atoms. The van der Waals surface area contributed by atoms with Crippen LogP contribution in [0.15, 0.2) is 36.4 Å². The van der Waals surface area contributed by atoms with E-state index >= 15 is 0 Å². The van der Waals surface area contributed by atoms with Gasteiger partial charge in [-0.25, -0.2) is 0 Å². The van der Waals surface area contributed by atoms with E-state index in [1.54, 1.807) is 7.11 Å². The molecule has 0 aliphatic carbocycles. The van der Waals surface area contributed by atoms with Gasteiger partial charge in [-0.1, -0.05) is 35.9 Å². The van der Waals surface area contributed by atoms with E-state index in [1.165, 1.54) is 5.56 Å². The van der Waals surface area contributed by atoms with Gasteiger partial charge in [0, 0.05) is 10.6 Å². The molecule has 0 bridgehead atoms. The second-order valence-electron chi connectivity index (χ2n) is 5.30. The van der Waals surface area contributed by atoms with E-state index in [1.807, 2.05) is 44.2 Å². The van der Waals surface area contributed by atoms with Crippen LogP contribution in [-0.2, 0) is 5.54 Å². The van der Waals surface area contributed by atoms with Crippen molar-refractivity contribution >= 4 is 11.6 Å². The Hall–Kier alpha value is -1.51. The molecule has 2 rings (SSSR count). The highest BCUT2D eigenvalue weighted by molar-refractivity contribution is 6.30. The van der Waals surface area contributed by atoms with E-state index in [2.05, 4.69) is 13.0 Å². The summed E-state index contributed by atoms with van der Waals surface area (Å²) < 4.78 is 5.58. The molecule has 20 heavy (non-hydrogen) atoms. The summed E-state index contributed by atoms with van der Waals surface area (Å²) in [4.78, 5) is 0. The SMILES string of the molecule is COc1c(C(C)(N)c2cccc(Cl)c2)ccc(C)c1C. The fraction of sp³-hybridized carbons (Fsp3) is 0.294. The number of benzene rings is 2. The molecule has 1 unspecified atom stereocenters. The molecule has 0 saturated heterocycles. The lowest BCUT2D eigenvalue weighted by Crippen LogP contribution is -2.35. The first kappa shape index (κ1) is 14.9. The average molecular weight is 290 g/mol. The molecule has 2 aromatic carbocycles. The third-order valence-electron chi connectivity index (χ3n) is 3.86. The summed E-state index contributed by atoms with van der Waals surface area (Å²) in [5.41, 5.74) is 10.2. The van der Waals surface area contributed by atoms with Crippen molar-refractivity contribution in [3.63, 3.8) is 0 Å². The van der Waals surface area contributed by atoms with Crippen molar-refractivity contribution < 1.29 is 4.74 Å². The average Bonchev–Trinajstić information content (AvgIpc) is 2.41. The van der Waals surface area contributed by atoms with Crippen molar-refractivity contribution in [2.75, 3.05) is 7.11 Å². The molecule has 0 amide bonds.